The van der Waals surface area contributed by atoms with Crippen molar-refractivity contribution in [2.24, 2.45) is 0 Å². The molecule has 0 saturated carbocycles. The molecule has 0 radical (unpaired) electrons. The molecule has 0 aliphatic rings. The average Bonchev–Trinajstić information content (AvgIpc) is 2.66. The van der Waals surface area contributed by atoms with Gasteiger partial charge in [0.2, 0.25) is 10.0 Å². The number of rotatable bonds is 8. The molecule has 0 saturated heterocycles. The van der Waals surface area contributed by atoms with Gasteiger partial charge in [-0.15, -0.1) is 11.6 Å². The first kappa shape index (κ1) is 21.1. The summed E-state index contributed by atoms with van der Waals surface area (Å²) < 4.78 is 32.4. The molecule has 0 heterocycles. The summed E-state index contributed by atoms with van der Waals surface area (Å²) in [5.74, 6) is -1.50. The standard InChI is InChI=1S/C19H20ClNO5S/c1-3-26-19(23)17(16(20)18(22)14-7-5-4-6-8-14)21-27(24,25)15-11-9-13(2)10-12-15/h4-12,16-17,21H,3H2,1-2H3/t16-,17+/m1/s1. The molecule has 144 valence electrons. The van der Waals surface area contributed by atoms with Gasteiger partial charge in [-0.1, -0.05) is 48.0 Å². The first-order valence-corrected chi connectivity index (χ1v) is 10.2. The molecule has 0 spiro atoms. The van der Waals surface area contributed by atoms with Crippen LogP contribution in [0.2, 0.25) is 0 Å². The minimum Gasteiger partial charge on any atom is -0.465 e. The Morgan fingerprint density at radius 1 is 1.07 bits per heavy atom. The highest BCUT2D eigenvalue weighted by Crippen LogP contribution is 2.17. The van der Waals surface area contributed by atoms with E-state index in [-0.39, 0.29) is 17.1 Å². The van der Waals surface area contributed by atoms with Crippen molar-refractivity contribution in [3.8, 4) is 0 Å². The Morgan fingerprint density at radius 2 is 1.67 bits per heavy atom. The van der Waals surface area contributed by atoms with Crippen molar-refractivity contribution in [2.45, 2.75) is 30.2 Å². The minimum atomic E-state index is -4.09. The third kappa shape index (κ3) is 5.38. The van der Waals surface area contributed by atoms with Crippen LogP contribution < -0.4 is 4.72 Å². The number of aryl methyl sites for hydroxylation is 1. The fourth-order valence-electron chi connectivity index (χ4n) is 2.32. The van der Waals surface area contributed by atoms with Crippen LogP contribution in [0.5, 0.6) is 0 Å². The van der Waals surface area contributed by atoms with Crippen molar-refractivity contribution < 1.29 is 22.7 Å². The summed E-state index contributed by atoms with van der Waals surface area (Å²) in [6, 6.07) is 12.6. The number of esters is 1. The van der Waals surface area contributed by atoms with E-state index in [1.165, 1.54) is 24.3 Å². The fourth-order valence-corrected chi connectivity index (χ4v) is 3.89. The maximum atomic E-state index is 12.6. The molecule has 2 aromatic carbocycles. The molecule has 0 fully saturated rings. The van der Waals surface area contributed by atoms with Crippen LogP contribution in [-0.2, 0) is 19.6 Å². The molecule has 2 atom stereocenters. The molecular formula is C19H20ClNO5S. The Labute approximate surface area is 163 Å². The molecule has 8 heteroatoms. The summed E-state index contributed by atoms with van der Waals surface area (Å²) in [4.78, 5) is 24.8. The quantitative estimate of drug-likeness (QED) is 0.411. The van der Waals surface area contributed by atoms with Crippen molar-refractivity contribution in [3.63, 3.8) is 0 Å². The predicted molar refractivity (Wildman–Crippen MR) is 102 cm³/mol. The summed E-state index contributed by atoms with van der Waals surface area (Å²) in [7, 11) is -4.09. The molecule has 0 unspecified atom stereocenters. The SMILES string of the molecule is CCOC(=O)[C@@H](NS(=O)(=O)c1ccc(C)cc1)[C@@H](Cl)C(=O)c1ccccc1. The maximum Gasteiger partial charge on any atom is 0.326 e. The summed E-state index contributed by atoms with van der Waals surface area (Å²) in [5, 5.41) is -1.47. The van der Waals surface area contributed by atoms with Gasteiger partial charge in [0.25, 0.3) is 0 Å². The third-order valence-corrected chi connectivity index (χ3v) is 5.66. The number of hydrogen-bond donors (Lipinski definition) is 1. The summed E-state index contributed by atoms with van der Waals surface area (Å²) >= 11 is 6.20. The van der Waals surface area contributed by atoms with Gasteiger partial charge >= 0.3 is 5.97 Å². The lowest BCUT2D eigenvalue weighted by molar-refractivity contribution is -0.144. The van der Waals surface area contributed by atoms with Crippen molar-refractivity contribution in [3.05, 3.63) is 65.7 Å². The smallest absolute Gasteiger partial charge is 0.326 e. The monoisotopic (exact) mass is 409 g/mol. The number of halogens is 1. The fraction of sp³-hybridized carbons (Fsp3) is 0.263. The van der Waals surface area contributed by atoms with Gasteiger partial charge in [0, 0.05) is 5.56 Å². The van der Waals surface area contributed by atoms with E-state index in [1.54, 1.807) is 37.3 Å². The van der Waals surface area contributed by atoms with Gasteiger partial charge in [-0.3, -0.25) is 9.59 Å². The van der Waals surface area contributed by atoms with Crippen LogP contribution in [0.15, 0.2) is 59.5 Å². The number of alkyl halides is 1. The summed E-state index contributed by atoms with van der Waals surface area (Å²) in [5.41, 5.74) is 1.15. The van der Waals surface area contributed by atoms with E-state index in [0.29, 0.717) is 0 Å². The van der Waals surface area contributed by atoms with E-state index in [4.69, 9.17) is 16.3 Å². The van der Waals surface area contributed by atoms with Crippen LogP contribution in [-0.4, -0.2) is 38.2 Å². The normalized spacial score (nSPS) is 13.6. The van der Waals surface area contributed by atoms with Gasteiger partial charge in [-0.2, -0.15) is 4.72 Å². The van der Waals surface area contributed by atoms with Crippen LogP contribution in [0.25, 0.3) is 0 Å². The van der Waals surface area contributed by atoms with Gasteiger partial charge in [0.05, 0.1) is 11.5 Å². The van der Waals surface area contributed by atoms with Gasteiger partial charge in [-0.05, 0) is 26.0 Å². The second-order valence-electron chi connectivity index (χ2n) is 5.80. The maximum absolute atomic E-state index is 12.6. The zero-order chi connectivity index (χ0) is 20.0. The van der Waals surface area contributed by atoms with Crippen molar-refractivity contribution in [2.75, 3.05) is 6.61 Å². The van der Waals surface area contributed by atoms with Crippen LogP contribution in [0.3, 0.4) is 0 Å². The molecule has 1 N–H and O–H groups in total. The lowest BCUT2D eigenvalue weighted by Gasteiger charge is -2.21. The van der Waals surface area contributed by atoms with E-state index >= 15 is 0 Å². The Balaban J connectivity index is 2.32. The third-order valence-electron chi connectivity index (χ3n) is 3.76. The second kappa shape index (κ2) is 9.12. The van der Waals surface area contributed by atoms with E-state index in [2.05, 4.69) is 4.72 Å². The molecule has 0 aliphatic carbocycles. The molecule has 0 aromatic heterocycles. The van der Waals surface area contributed by atoms with Gasteiger partial charge in [0.1, 0.15) is 11.4 Å². The highest BCUT2D eigenvalue weighted by Gasteiger charge is 2.37. The van der Waals surface area contributed by atoms with Crippen LogP contribution in [0, 0.1) is 6.92 Å². The summed E-state index contributed by atoms with van der Waals surface area (Å²) in [6.45, 7) is 3.41. The Bertz CT molecular complexity index is 897. The highest BCUT2D eigenvalue weighted by molar-refractivity contribution is 7.89. The lowest BCUT2D eigenvalue weighted by atomic mass is 10.0. The van der Waals surface area contributed by atoms with Crippen molar-refractivity contribution in [1.29, 1.82) is 0 Å². The number of hydrogen-bond acceptors (Lipinski definition) is 5. The number of nitrogens with one attached hydrogen (secondary N) is 1. The van der Waals surface area contributed by atoms with Crippen molar-refractivity contribution in [1.82, 2.24) is 4.72 Å². The van der Waals surface area contributed by atoms with Crippen LogP contribution in [0.4, 0.5) is 0 Å². The number of Topliss-reactive ketones (excluding diaryl/α,β-unsaturated/α-hetero) is 1. The van der Waals surface area contributed by atoms with Crippen molar-refractivity contribution >= 4 is 33.4 Å². The van der Waals surface area contributed by atoms with E-state index in [1.807, 2.05) is 6.92 Å². The molecule has 0 bridgehead atoms. The highest BCUT2D eigenvalue weighted by atomic mass is 35.5. The predicted octanol–water partition coefficient (Wildman–Crippen LogP) is 2.70. The van der Waals surface area contributed by atoms with E-state index in [9.17, 15) is 18.0 Å². The first-order chi connectivity index (χ1) is 12.8. The average molecular weight is 410 g/mol. The molecule has 27 heavy (non-hydrogen) atoms. The van der Waals surface area contributed by atoms with E-state index in [0.717, 1.165) is 5.56 Å². The number of ketones is 1. The van der Waals surface area contributed by atoms with E-state index < -0.39 is 33.2 Å². The topological polar surface area (TPSA) is 89.5 Å². The second-order valence-corrected chi connectivity index (χ2v) is 7.98. The molecule has 6 nitrogen and oxygen atoms in total. The number of ether oxygens (including phenoxy) is 1. The van der Waals surface area contributed by atoms with Gasteiger partial charge in [-0.25, -0.2) is 8.42 Å². The Kier molecular flexibility index (Phi) is 7.12. The minimum absolute atomic E-state index is 0.0186. The number of benzene rings is 2. The Morgan fingerprint density at radius 3 is 2.22 bits per heavy atom. The lowest BCUT2D eigenvalue weighted by Crippen LogP contribution is -2.50. The molecule has 2 rings (SSSR count). The summed E-state index contributed by atoms with van der Waals surface area (Å²) in [6.07, 6.45) is 0. The van der Waals surface area contributed by atoms with Gasteiger partial charge in [0.15, 0.2) is 5.78 Å². The Hall–Kier alpha value is -2.22. The zero-order valence-corrected chi connectivity index (χ0v) is 16.5. The number of sulfonamides is 1. The molecule has 0 aliphatic heterocycles. The van der Waals surface area contributed by atoms with Crippen LogP contribution in [0.1, 0.15) is 22.8 Å². The largest absolute Gasteiger partial charge is 0.465 e. The zero-order valence-electron chi connectivity index (χ0n) is 14.9. The number of carbonyl (C=O) groups excluding carboxylic acids is 2. The van der Waals surface area contributed by atoms with Gasteiger partial charge < -0.3 is 4.74 Å². The number of carbonyl (C=O) groups is 2. The molecule has 0 amide bonds. The molecule has 2 aromatic rings. The molecular weight excluding hydrogens is 390 g/mol. The van der Waals surface area contributed by atoms with Crippen LogP contribution >= 0.6 is 11.6 Å². The first-order valence-electron chi connectivity index (χ1n) is 8.25.